The minimum absolute atomic E-state index is 0.0165. The summed E-state index contributed by atoms with van der Waals surface area (Å²) in [7, 11) is 1.82. The number of morpholine rings is 1. The van der Waals surface area contributed by atoms with E-state index in [4.69, 9.17) is 4.74 Å². The first-order chi connectivity index (χ1) is 14.0. The molecule has 1 N–H and O–H groups in total. The fraction of sp³-hybridized carbons (Fsp3) is 0.429. The van der Waals surface area contributed by atoms with Gasteiger partial charge in [-0.05, 0) is 18.1 Å². The summed E-state index contributed by atoms with van der Waals surface area (Å²) in [6.45, 7) is 1.01. The summed E-state index contributed by atoms with van der Waals surface area (Å²) >= 11 is 0. The highest BCUT2D eigenvalue weighted by Gasteiger charge is 2.53. The lowest BCUT2D eigenvalue weighted by molar-refractivity contribution is -0.184. The number of benzene rings is 1. The van der Waals surface area contributed by atoms with Crippen LogP contribution in [0, 0.1) is 0 Å². The molecule has 0 bridgehead atoms. The first kappa shape index (κ1) is 19.3. The van der Waals surface area contributed by atoms with E-state index in [-0.39, 0.29) is 30.1 Å². The zero-order valence-corrected chi connectivity index (χ0v) is 16.3. The molecule has 4 rings (SSSR count). The van der Waals surface area contributed by atoms with Gasteiger partial charge >= 0.3 is 0 Å². The Morgan fingerprint density at radius 2 is 2.03 bits per heavy atom. The number of H-pyrrole nitrogens is 1. The number of amides is 2. The van der Waals surface area contributed by atoms with Crippen LogP contribution in [0.4, 0.5) is 0 Å². The van der Waals surface area contributed by atoms with Gasteiger partial charge in [0.05, 0.1) is 11.2 Å². The second-order valence-electron chi connectivity index (χ2n) is 7.54. The Bertz CT molecular complexity index is 940. The summed E-state index contributed by atoms with van der Waals surface area (Å²) in [5, 5.41) is 6.34. The number of aromatic nitrogens is 2. The van der Waals surface area contributed by atoms with Crippen molar-refractivity contribution in [2.45, 2.75) is 30.9 Å². The van der Waals surface area contributed by atoms with Crippen molar-refractivity contribution in [2.75, 3.05) is 26.7 Å². The van der Waals surface area contributed by atoms with Crippen molar-refractivity contribution >= 4 is 11.8 Å². The number of rotatable bonds is 4. The highest BCUT2D eigenvalue weighted by atomic mass is 16.5. The molecule has 0 aliphatic carbocycles. The van der Waals surface area contributed by atoms with Crippen LogP contribution in [0.5, 0.6) is 0 Å². The number of carbonyl (C=O) groups excluding carboxylic acids is 2. The quantitative estimate of drug-likeness (QED) is 0.820. The molecule has 29 heavy (non-hydrogen) atoms. The third-order valence-electron chi connectivity index (χ3n) is 6.02. The fourth-order valence-corrected chi connectivity index (χ4v) is 4.36. The summed E-state index contributed by atoms with van der Waals surface area (Å²) in [5.74, 6) is -0.0307. The molecule has 0 spiro atoms. The number of likely N-dealkylation sites (N-methyl/N-ethyl adjacent to an activating group) is 1. The molecule has 3 heterocycles. The molecule has 0 saturated carbocycles. The van der Waals surface area contributed by atoms with Gasteiger partial charge in [0.1, 0.15) is 12.7 Å². The van der Waals surface area contributed by atoms with Gasteiger partial charge < -0.3 is 14.5 Å². The van der Waals surface area contributed by atoms with Crippen LogP contribution in [0.2, 0.25) is 0 Å². The first-order valence-electron chi connectivity index (χ1n) is 9.77. The van der Waals surface area contributed by atoms with Gasteiger partial charge in [-0.1, -0.05) is 30.3 Å². The maximum atomic E-state index is 12.8. The molecule has 1 aromatic carbocycles. The van der Waals surface area contributed by atoms with E-state index in [1.165, 1.54) is 6.07 Å². The Balaban J connectivity index is 1.49. The van der Waals surface area contributed by atoms with Crippen molar-refractivity contribution in [3.8, 4) is 0 Å². The number of nitrogens with zero attached hydrogens (tertiary/aromatic N) is 3. The lowest BCUT2D eigenvalue weighted by atomic mass is 9.76. The van der Waals surface area contributed by atoms with E-state index < -0.39 is 5.54 Å². The molecule has 1 aromatic heterocycles. The molecule has 2 saturated heterocycles. The SMILES string of the molecule is CN1C(=O)CO[C@@H]2CN(C(=O)CCc3ccc(=O)[nH]n3)CC[C@]21c1ccccc1. The monoisotopic (exact) mass is 396 g/mol. The summed E-state index contributed by atoms with van der Waals surface area (Å²) < 4.78 is 5.94. The molecule has 2 fully saturated rings. The van der Waals surface area contributed by atoms with Crippen LogP contribution < -0.4 is 5.56 Å². The van der Waals surface area contributed by atoms with E-state index in [1.54, 1.807) is 15.9 Å². The predicted molar refractivity (Wildman–Crippen MR) is 105 cm³/mol. The van der Waals surface area contributed by atoms with Gasteiger partial charge in [0.25, 0.3) is 5.56 Å². The Hall–Kier alpha value is -3.00. The number of hydrogen-bond acceptors (Lipinski definition) is 5. The average molecular weight is 396 g/mol. The number of aryl methyl sites for hydroxylation is 1. The Kier molecular flexibility index (Phi) is 5.19. The van der Waals surface area contributed by atoms with E-state index in [0.29, 0.717) is 38.0 Å². The Morgan fingerprint density at radius 3 is 2.76 bits per heavy atom. The summed E-state index contributed by atoms with van der Waals surface area (Å²) in [6.07, 6.45) is 1.10. The Labute approximate surface area is 168 Å². The van der Waals surface area contributed by atoms with Gasteiger partial charge in [-0.3, -0.25) is 14.4 Å². The zero-order chi connectivity index (χ0) is 20.4. The van der Waals surface area contributed by atoms with Crippen LogP contribution in [0.15, 0.2) is 47.3 Å². The van der Waals surface area contributed by atoms with Crippen molar-refractivity contribution < 1.29 is 14.3 Å². The largest absolute Gasteiger partial charge is 0.364 e. The predicted octanol–water partition coefficient (Wildman–Crippen LogP) is 0.688. The Morgan fingerprint density at radius 1 is 1.24 bits per heavy atom. The van der Waals surface area contributed by atoms with E-state index >= 15 is 0 Å². The van der Waals surface area contributed by atoms with E-state index in [9.17, 15) is 14.4 Å². The normalized spacial score (nSPS) is 24.3. The standard InChI is InChI=1S/C21H24N4O4/c1-24-20(28)14-29-17-13-25(12-11-21(17,24)15-5-3-2-4-6-15)19(27)10-8-16-7-9-18(26)23-22-16/h2-7,9,17H,8,10-14H2,1H3,(H,23,26)/t17-,21+/m1/s1. The number of fused-ring (bicyclic) bond motifs is 1. The second-order valence-corrected chi connectivity index (χ2v) is 7.54. The van der Waals surface area contributed by atoms with Gasteiger partial charge in [-0.15, -0.1) is 0 Å². The topological polar surface area (TPSA) is 95.6 Å². The van der Waals surface area contributed by atoms with Gasteiger partial charge in [-0.2, -0.15) is 5.10 Å². The van der Waals surface area contributed by atoms with Crippen LogP contribution in [-0.4, -0.2) is 64.7 Å². The van der Waals surface area contributed by atoms with E-state index in [0.717, 1.165) is 5.56 Å². The minimum atomic E-state index is -0.562. The van der Waals surface area contributed by atoms with Crippen molar-refractivity contribution in [3.63, 3.8) is 0 Å². The van der Waals surface area contributed by atoms with Crippen molar-refractivity contribution in [1.29, 1.82) is 0 Å². The number of carbonyl (C=O) groups is 2. The molecule has 2 atom stereocenters. The van der Waals surface area contributed by atoms with Gasteiger partial charge in [0.15, 0.2) is 0 Å². The third-order valence-corrected chi connectivity index (χ3v) is 6.02. The van der Waals surface area contributed by atoms with Gasteiger partial charge in [0.2, 0.25) is 11.8 Å². The minimum Gasteiger partial charge on any atom is -0.364 e. The molecule has 2 amide bonds. The molecule has 8 heteroatoms. The van der Waals surface area contributed by atoms with E-state index in [1.807, 2.05) is 37.4 Å². The molecule has 152 valence electrons. The summed E-state index contributed by atoms with van der Waals surface area (Å²) in [6, 6.07) is 12.9. The van der Waals surface area contributed by atoms with Crippen LogP contribution in [0.25, 0.3) is 0 Å². The van der Waals surface area contributed by atoms with Gasteiger partial charge in [-0.25, -0.2) is 5.10 Å². The number of piperidine rings is 1. The fourth-order valence-electron chi connectivity index (χ4n) is 4.36. The van der Waals surface area contributed by atoms with Gasteiger partial charge in [0, 0.05) is 39.0 Å². The number of aromatic amines is 1. The number of likely N-dealkylation sites (tertiary alicyclic amines) is 1. The second kappa shape index (κ2) is 7.79. The van der Waals surface area contributed by atoms with Crippen molar-refractivity contribution in [1.82, 2.24) is 20.0 Å². The van der Waals surface area contributed by atoms with E-state index in [2.05, 4.69) is 10.2 Å². The first-order valence-corrected chi connectivity index (χ1v) is 9.77. The molecule has 8 nitrogen and oxygen atoms in total. The van der Waals surface area contributed by atoms with Crippen LogP contribution in [0.1, 0.15) is 24.1 Å². The van der Waals surface area contributed by atoms with Crippen LogP contribution in [-0.2, 0) is 26.3 Å². The number of nitrogens with one attached hydrogen (secondary N) is 1. The average Bonchev–Trinajstić information content (AvgIpc) is 2.76. The molecule has 2 aliphatic heterocycles. The molecule has 0 radical (unpaired) electrons. The smallest absolute Gasteiger partial charge is 0.264 e. The molecule has 2 aromatic rings. The lowest BCUT2D eigenvalue weighted by Gasteiger charge is -2.54. The highest BCUT2D eigenvalue weighted by molar-refractivity contribution is 5.80. The molecule has 2 aliphatic rings. The van der Waals surface area contributed by atoms with Crippen LogP contribution in [0.3, 0.4) is 0 Å². The maximum absolute atomic E-state index is 12.8. The third kappa shape index (κ3) is 3.55. The zero-order valence-electron chi connectivity index (χ0n) is 16.3. The van der Waals surface area contributed by atoms with Crippen molar-refractivity contribution in [3.05, 3.63) is 64.1 Å². The molecule has 0 unspecified atom stereocenters. The highest BCUT2D eigenvalue weighted by Crippen LogP contribution is 2.42. The molecular formula is C21H24N4O4. The van der Waals surface area contributed by atoms with Crippen LogP contribution >= 0.6 is 0 Å². The molecular weight excluding hydrogens is 372 g/mol. The number of hydrogen-bond donors (Lipinski definition) is 1. The lowest BCUT2D eigenvalue weighted by Crippen LogP contribution is -2.67. The maximum Gasteiger partial charge on any atom is 0.264 e. The summed E-state index contributed by atoms with van der Waals surface area (Å²) in [5.41, 5.74) is 0.882. The van der Waals surface area contributed by atoms with Crippen molar-refractivity contribution in [2.24, 2.45) is 0 Å². The number of ether oxygens (including phenoxy) is 1. The summed E-state index contributed by atoms with van der Waals surface area (Å²) in [4.78, 5) is 39.9.